The molecule has 30 heavy (non-hydrogen) atoms. The van der Waals surface area contributed by atoms with Crippen LogP contribution in [0.15, 0.2) is 26.7 Å². The molecule has 0 saturated carbocycles. The summed E-state index contributed by atoms with van der Waals surface area (Å²) in [6.07, 6.45) is 6.44. The van der Waals surface area contributed by atoms with Crippen molar-refractivity contribution in [2.45, 2.75) is 39.5 Å². The molecule has 189 valence electrons. The summed E-state index contributed by atoms with van der Waals surface area (Å²) in [7, 11) is 13.7. The Bertz CT molecular complexity index is 532. The molecule has 0 fully saturated rings. The zero-order chi connectivity index (χ0) is 18.9. The zero-order valence-electron chi connectivity index (χ0n) is 16.1. The first-order valence-corrected chi connectivity index (χ1v) is 12.3. The van der Waals surface area contributed by atoms with E-state index in [1.54, 1.807) is 6.20 Å². The Labute approximate surface area is 207 Å². The number of halogens is 3. The minimum atomic E-state index is 0. The van der Waals surface area contributed by atoms with Crippen LogP contribution in [0.5, 0.6) is 0 Å². The number of rotatable bonds is 2. The van der Waals surface area contributed by atoms with Crippen molar-refractivity contribution >= 4 is 64.2 Å². The summed E-state index contributed by atoms with van der Waals surface area (Å²) in [6, 6.07) is 0. The third-order valence-corrected chi connectivity index (χ3v) is 3.76. The summed E-state index contributed by atoms with van der Waals surface area (Å²) < 4.78 is 0. The largest absolute Gasteiger partial charge is 0.870 e. The molecule has 2 heterocycles. The van der Waals surface area contributed by atoms with Crippen LogP contribution in [-0.2, 0) is 27.2 Å². The molecule has 0 bridgehead atoms. The average Bonchev–Trinajstić information content (AvgIpc) is 3.12. The molecule has 0 aliphatic carbocycles. The summed E-state index contributed by atoms with van der Waals surface area (Å²) in [5.41, 5.74) is 6.78. The smallest absolute Gasteiger partial charge is 0.870 e. The standard InChI is InChI=1S/C14H20N5S.3ClH.2Ni.5H2O/c1-11-13(18-19-14-17-9-10-20-14)12(2)16-8-6-4-3-5-7-15-11;;;;;;;;;;/h9-10H,3-8H2,1-2H3;3*1H;;;5*1H2/q-1;;;;+1;+2;;;;;/p-7. The van der Waals surface area contributed by atoms with E-state index in [4.69, 9.17) is 20.4 Å². The second kappa shape index (κ2) is 31.3. The first kappa shape index (κ1) is 43.9. The molecule has 16 heteroatoms. The van der Waals surface area contributed by atoms with Crippen molar-refractivity contribution in [2.75, 3.05) is 13.1 Å². The van der Waals surface area contributed by atoms with Gasteiger partial charge in [-0.2, -0.15) is 11.3 Å². The Kier molecular flexibility index (Phi) is 45.8. The van der Waals surface area contributed by atoms with E-state index in [9.17, 15) is 0 Å². The summed E-state index contributed by atoms with van der Waals surface area (Å²) in [5, 5.41) is 6.87. The maximum Gasteiger partial charge on any atom is -0.870 e. The van der Waals surface area contributed by atoms with E-state index in [0.717, 1.165) is 43.1 Å². The SMILES string of the molecule is CC1=NCCCCCCN=C(C)C1=N[N-]c1nccs1.O.[Cl][Ni].[Cl][Ni][Cl].[OH-].[OH-].[OH-].[OH-]. The predicted octanol–water partition coefficient (Wildman–Crippen LogP) is 4.53. The number of aromatic nitrogens is 1. The van der Waals surface area contributed by atoms with Crippen molar-refractivity contribution in [3.8, 4) is 0 Å². The minimum absolute atomic E-state index is 0. The molecular formula is C14H26Cl3N5Ni2O5S-5. The quantitative estimate of drug-likeness (QED) is 0.352. The third-order valence-electron chi connectivity index (χ3n) is 3.10. The van der Waals surface area contributed by atoms with E-state index in [-0.39, 0.29) is 27.4 Å². The molecule has 2 rings (SSSR count). The minimum Gasteiger partial charge on any atom is -0.870 e. The molecule has 1 aliphatic rings. The fourth-order valence-electron chi connectivity index (χ4n) is 1.99. The molecule has 1 aromatic heterocycles. The number of aliphatic imine (C=N–C) groups is 2. The van der Waals surface area contributed by atoms with Gasteiger partial charge in [0, 0.05) is 18.2 Å². The topological polar surface area (TPSA) is 216 Å². The van der Waals surface area contributed by atoms with Crippen molar-refractivity contribution in [1.29, 1.82) is 0 Å². The number of hydrogen-bond donors (Lipinski definition) is 0. The molecular weight excluding hydrogens is 574 g/mol. The maximum absolute atomic E-state index is 4.70. The van der Waals surface area contributed by atoms with Crippen molar-refractivity contribution in [3.05, 3.63) is 17.0 Å². The Morgan fingerprint density at radius 1 is 0.967 bits per heavy atom. The van der Waals surface area contributed by atoms with Gasteiger partial charge in [-0.1, -0.05) is 19.0 Å². The summed E-state index contributed by atoms with van der Waals surface area (Å²) >= 11 is 5.39. The molecule has 0 saturated heterocycles. The average molecular weight is 600 g/mol. The van der Waals surface area contributed by atoms with E-state index in [0.29, 0.717) is 17.8 Å². The molecule has 0 atom stereocenters. The van der Waals surface area contributed by atoms with Crippen LogP contribution in [0.1, 0.15) is 39.5 Å². The number of thiazole rings is 1. The first-order chi connectivity index (χ1) is 12.2. The third kappa shape index (κ3) is 21.3. The van der Waals surface area contributed by atoms with Crippen LogP contribution >= 0.6 is 41.9 Å². The van der Waals surface area contributed by atoms with Crippen molar-refractivity contribution in [2.24, 2.45) is 15.1 Å². The second-order valence-electron chi connectivity index (χ2n) is 4.76. The van der Waals surface area contributed by atoms with Gasteiger partial charge < -0.3 is 37.8 Å². The number of hydrogen-bond acceptors (Lipinski definition) is 9. The Balaban J connectivity index is -0.000000133. The van der Waals surface area contributed by atoms with Crippen molar-refractivity contribution < 1.29 is 54.6 Å². The van der Waals surface area contributed by atoms with Crippen LogP contribution < -0.4 is 0 Å². The zero-order valence-corrected chi connectivity index (χ0v) is 21.2. The normalized spacial score (nSPS) is 12.8. The Morgan fingerprint density at radius 2 is 1.40 bits per heavy atom. The monoisotopic (exact) mass is 597 g/mol. The Morgan fingerprint density at radius 3 is 1.77 bits per heavy atom. The van der Waals surface area contributed by atoms with Gasteiger partial charge in [-0.25, -0.2) is 0 Å². The molecule has 1 aromatic rings. The van der Waals surface area contributed by atoms with E-state index in [2.05, 4.69) is 50.3 Å². The van der Waals surface area contributed by atoms with E-state index < -0.39 is 0 Å². The molecule has 6 N–H and O–H groups in total. The van der Waals surface area contributed by atoms with Crippen molar-refractivity contribution in [1.82, 2.24) is 4.98 Å². The number of nitrogens with zero attached hydrogens (tertiary/aromatic N) is 5. The van der Waals surface area contributed by atoms with Crippen LogP contribution in [-0.4, -0.2) is 62.6 Å². The van der Waals surface area contributed by atoms with Gasteiger partial charge in [0.2, 0.25) is 0 Å². The van der Waals surface area contributed by atoms with Crippen LogP contribution in [0.3, 0.4) is 0 Å². The molecule has 0 spiro atoms. The van der Waals surface area contributed by atoms with E-state index in [1.165, 1.54) is 24.2 Å². The molecule has 0 radical (unpaired) electrons. The van der Waals surface area contributed by atoms with Crippen LogP contribution in [0.2, 0.25) is 0 Å². The van der Waals surface area contributed by atoms with Gasteiger partial charge in [0.15, 0.2) is 0 Å². The van der Waals surface area contributed by atoms with Gasteiger partial charge >= 0.3 is 57.8 Å². The summed E-state index contributed by atoms with van der Waals surface area (Å²) in [5.74, 6) is 0. The molecule has 0 amide bonds. The summed E-state index contributed by atoms with van der Waals surface area (Å²) in [4.78, 5) is 13.3. The van der Waals surface area contributed by atoms with E-state index >= 15 is 0 Å². The molecule has 1 aliphatic heterocycles. The van der Waals surface area contributed by atoms with Crippen LogP contribution in [0.4, 0.5) is 5.13 Å². The second-order valence-corrected chi connectivity index (χ2v) is 7.26. The molecule has 0 unspecified atom stereocenters. The summed E-state index contributed by atoms with van der Waals surface area (Å²) in [6.45, 7) is 5.67. The van der Waals surface area contributed by atoms with Crippen molar-refractivity contribution in [3.63, 3.8) is 0 Å². The van der Waals surface area contributed by atoms with E-state index in [1.807, 2.05) is 19.2 Å². The maximum atomic E-state index is 4.70. The fourth-order valence-corrected chi connectivity index (χ4v) is 2.44. The molecule has 0 aromatic carbocycles. The van der Waals surface area contributed by atoms with Gasteiger partial charge in [0.1, 0.15) is 5.71 Å². The van der Waals surface area contributed by atoms with Crippen LogP contribution in [0, 0.1) is 0 Å². The molecule has 10 nitrogen and oxygen atoms in total. The first-order valence-electron chi connectivity index (χ1n) is 7.34. The van der Waals surface area contributed by atoms with Gasteiger partial charge in [0.05, 0.1) is 11.4 Å². The van der Waals surface area contributed by atoms with Gasteiger partial charge in [0.25, 0.3) is 0 Å². The Hall–Kier alpha value is 0.0970. The van der Waals surface area contributed by atoms with Gasteiger partial charge in [-0.05, 0) is 32.1 Å². The van der Waals surface area contributed by atoms with Crippen LogP contribution in [0.25, 0.3) is 5.43 Å². The van der Waals surface area contributed by atoms with Gasteiger partial charge in [-0.15, -0.1) is 0 Å². The van der Waals surface area contributed by atoms with Gasteiger partial charge in [-0.3, -0.25) is 15.1 Å². The fraction of sp³-hybridized carbons (Fsp3) is 0.571. The predicted molar refractivity (Wildman–Crippen MR) is 116 cm³/mol.